The van der Waals surface area contributed by atoms with Crippen LogP contribution in [0.5, 0.6) is 0 Å². The lowest BCUT2D eigenvalue weighted by Crippen LogP contribution is -2.38. The zero-order valence-corrected chi connectivity index (χ0v) is 14.5. The molecule has 0 spiro atoms. The monoisotopic (exact) mass is 346 g/mol. The molecule has 134 valence electrons. The summed E-state index contributed by atoms with van der Waals surface area (Å²) in [4.78, 5) is 29.6. The minimum Gasteiger partial charge on any atom is -0.481 e. The highest BCUT2D eigenvalue weighted by Crippen LogP contribution is 2.17. The summed E-state index contributed by atoms with van der Waals surface area (Å²) in [7, 11) is 3.80. The summed E-state index contributed by atoms with van der Waals surface area (Å²) in [6, 6.07) is 6.38. The SMILES string of the molecule is Cc1nc(-c2cccc(C(=O)N[C@@H](CCN(C)C)CC(=O)O)c2)no1. The molecule has 2 aromatic rings. The van der Waals surface area contributed by atoms with E-state index in [0.717, 1.165) is 0 Å². The fraction of sp³-hybridized carbons (Fsp3) is 0.412. The Hall–Kier alpha value is -2.74. The van der Waals surface area contributed by atoms with Gasteiger partial charge in [-0.2, -0.15) is 4.98 Å². The second-order valence-electron chi connectivity index (χ2n) is 6.08. The van der Waals surface area contributed by atoms with E-state index in [4.69, 9.17) is 9.63 Å². The van der Waals surface area contributed by atoms with Gasteiger partial charge in [0.25, 0.3) is 5.91 Å². The molecule has 25 heavy (non-hydrogen) atoms. The zero-order chi connectivity index (χ0) is 18.4. The van der Waals surface area contributed by atoms with E-state index >= 15 is 0 Å². The molecule has 8 nitrogen and oxygen atoms in total. The topological polar surface area (TPSA) is 109 Å². The summed E-state index contributed by atoms with van der Waals surface area (Å²) in [5.74, 6) is -0.427. The van der Waals surface area contributed by atoms with Gasteiger partial charge in [0.05, 0.1) is 6.42 Å². The van der Waals surface area contributed by atoms with Crippen LogP contribution >= 0.6 is 0 Å². The van der Waals surface area contributed by atoms with E-state index < -0.39 is 12.0 Å². The Labute approximate surface area is 145 Å². The lowest BCUT2D eigenvalue weighted by molar-refractivity contribution is -0.137. The average molecular weight is 346 g/mol. The Morgan fingerprint density at radius 3 is 2.72 bits per heavy atom. The summed E-state index contributed by atoms with van der Waals surface area (Å²) < 4.78 is 4.95. The number of benzene rings is 1. The van der Waals surface area contributed by atoms with E-state index in [-0.39, 0.29) is 12.3 Å². The van der Waals surface area contributed by atoms with Crippen molar-refractivity contribution >= 4 is 11.9 Å². The van der Waals surface area contributed by atoms with Gasteiger partial charge in [-0.1, -0.05) is 17.3 Å². The van der Waals surface area contributed by atoms with Gasteiger partial charge in [0.1, 0.15) is 0 Å². The van der Waals surface area contributed by atoms with E-state index in [1.165, 1.54) is 0 Å². The molecule has 1 heterocycles. The van der Waals surface area contributed by atoms with Crippen LogP contribution in [0.25, 0.3) is 11.4 Å². The van der Waals surface area contributed by atoms with Gasteiger partial charge in [-0.3, -0.25) is 9.59 Å². The number of hydrogen-bond acceptors (Lipinski definition) is 6. The maximum Gasteiger partial charge on any atom is 0.305 e. The Kier molecular flexibility index (Phi) is 6.24. The first-order valence-corrected chi connectivity index (χ1v) is 7.93. The third-order valence-corrected chi connectivity index (χ3v) is 3.59. The molecule has 1 aromatic carbocycles. The van der Waals surface area contributed by atoms with Crippen LogP contribution in [0.2, 0.25) is 0 Å². The number of carboxylic acid groups (broad SMARTS) is 1. The number of hydrogen-bond donors (Lipinski definition) is 2. The van der Waals surface area contributed by atoms with Gasteiger partial charge in [-0.25, -0.2) is 0 Å². The van der Waals surface area contributed by atoms with Crippen molar-refractivity contribution in [1.29, 1.82) is 0 Å². The molecule has 0 saturated heterocycles. The number of rotatable bonds is 8. The summed E-state index contributed by atoms with van der Waals surface area (Å²) in [6.07, 6.45) is 0.429. The van der Waals surface area contributed by atoms with E-state index in [2.05, 4.69) is 15.5 Å². The highest BCUT2D eigenvalue weighted by molar-refractivity contribution is 5.95. The Morgan fingerprint density at radius 1 is 1.36 bits per heavy atom. The van der Waals surface area contributed by atoms with Gasteiger partial charge in [-0.15, -0.1) is 0 Å². The van der Waals surface area contributed by atoms with Crippen molar-refractivity contribution in [2.24, 2.45) is 0 Å². The Morgan fingerprint density at radius 2 is 2.12 bits per heavy atom. The molecule has 0 fully saturated rings. The predicted octanol–water partition coefficient (Wildman–Crippen LogP) is 1.57. The molecule has 0 saturated carbocycles. The van der Waals surface area contributed by atoms with Gasteiger partial charge in [0, 0.05) is 24.1 Å². The number of aromatic nitrogens is 2. The van der Waals surface area contributed by atoms with Crippen LogP contribution in [0.3, 0.4) is 0 Å². The third kappa shape index (κ3) is 5.68. The lowest BCUT2D eigenvalue weighted by atomic mass is 10.1. The van der Waals surface area contributed by atoms with Crippen molar-refractivity contribution in [3.8, 4) is 11.4 Å². The Bertz CT molecular complexity index is 742. The second-order valence-corrected chi connectivity index (χ2v) is 6.08. The number of aryl methyl sites for hydroxylation is 1. The maximum atomic E-state index is 12.5. The molecule has 0 unspecified atom stereocenters. The fourth-order valence-corrected chi connectivity index (χ4v) is 2.33. The molecule has 1 amide bonds. The van der Waals surface area contributed by atoms with E-state index in [1.54, 1.807) is 31.2 Å². The molecular weight excluding hydrogens is 324 g/mol. The average Bonchev–Trinajstić information content (AvgIpc) is 2.98. The summed E-state index contributed by atoms with van der Waals surface area (Å²) in [5, 5.41) is 15.7. The van der Waals surface area contributed by atoms with Crippen molar-refractivity contribution in [2.45, 2.75) is 25.8 Å². The number of amides is 1. The molecule has 0 radical (unpaired) electrons. The van der Waals surface area contributed by atoms with Gasteiger partial charge >= 0.3 is 5.97 Å². The van der Waals surface area contributed by atoms with Crippen LogP contribution in [0.15, 0.2) is 28.8 Å². The summed E-state index contributed by atoms with van der Waals surface area (Å²) >= 11 is 0. The molecule has 2 N–H and O–H groups in total. The molecule has 0 aliphatic rings. The van der Waals surface area contributed by atoms with Crippen molar-refractivity contribution in [2.75, 3.05) is 20.6 Å². The van der Waals surface area contributed by atoms with Crippen LogP contribution in [0.4, 0.5) is 0 Å². The molecule has 1 aromatic heterocycles. The number of nitrogens with zero attached hydrogens (tertiary/aromatic N) is 3. The first-order valence-electron chi connectivity index (χ1n) is 7.93. The standard InChI is InChI=1S/C17H22N4O4/c1-11-18-16(20-25-11)12-5-4-6-13(9-12)17(24)19-14(10-15(22)23)7-8-21(2)3/h4-6,9,14H,7-8,10H2,1-3H3,(H,19,24)(H,22,23)/t14-/m0/s1. The van der Waals surface area contributed by atoms with Crippen LogP contribution in [0.1, 0.15) is 29.1 Å². The smallest absolute Gasteiger partial charge is 0.305 e. The number of nitrogens with one attached hydrogen (secondary N) is 1. The van der Waals surface area contributed by atoms with Crippen molar-refractivity contribution in [3.63, 3.8) is 0 Å². The van der Waals surface area contributed by atoms with Crippen LogP contribution in [0, 0.1) is 6.92 Å². The normalized spacial score (nSPS) is 12.2. The number of aliphatic carboxylic acids is 1. The highest BCUT2D eigenvalue weighted by atomic mass is 16.5. The molecular formula is C17H22N4O4. The van der Waals surface area contributed by atoms with Crippen molar-refractivity contribution in [3.05, 3.63) is 35.7 Å². The third-order valence-electron chi connectivity index (χ3n) is 3.59. The summed E-state index contributed by atoms with van der Waals surface area (Å²) in [5.41, 5.74) is 1.08. The molecule has 0 aliphatic heterocycles. The largest absolute Gasteiger partial charge is 0.481 e. The van der Waals surface area contributed by atoms with Crippen molar-refractivity contribution < 1.29 is 19.2 Å². The van der Waals surface area contributed by atoms with Gasteiger partial charge < -0.3 is 19.8 Å². The molecule has 8 heteroatoms. The number of carbonyl (C=O) groups is 2. The van der Waals surface area contributed by atoms with Gasteiger partial charge in [-0.05, 0) is 39.2 Å². The summed E-state index contributed by atoms with van der Waals surface area (Å²) in [6.45, 7) is 2.37. The fourth-order valence-electron chi connectivity index (χ4n) is 2.33. The molecule has 0 aliphatic carbocycles. The number of carboxylic acids is 1. The van der Waals surface area contributed by atoms with Crippen LogP contribution in [-0.2, 0) is 4.79 Å². The minimum atomic E-state index is -0.944. The quantitative estimate of drug-likeness (QED) is 0.747. The first kappa shape index (κ1) is 18.6. The molecule has 0 bridgehead atoms. The molecule has 2 rings (SSSR count). The van der Waals surface area contributed by atoms with E-state index in [1.807, 2.05) is 19.0 Å². The predicted molar refractivity (Wildman–Crippen MR) is 91.1 cm³/mol. The maximum absolute atomic E-state index is 12.5. The Balaban J connectivity index is 2.11. The molecule has 1 atom stereocenters. The van der Waals surface area contributed by atoms with Gasteiger partial charge in [0.2, 0.25) is 11.7 Å². The van der Waals surface area contributed by atoms with Crippen molar-refractivity contribution in [1.82, 2.24) is 20.4 Å². The zero-order valence-electron chi connectivity index (χ0n) is 14.5. The van der Waals surface area contributed by atoms with Crippen LogP contribution < -0.4 is 5.32 Å². The van der Waals surface area contributed by atoms with Gasteiger partial charge in [0.15, 0.2) is 0 Å². The minimum absolute atomic E-state index is 0.122. The van der Waals surface area contributed by atoms with Crippen LogP contribution in [-0.4, -0.2) is 58.7 Å². The second kappa shape index (κ2) is 8.39. The first-order chi connectivity index (χ1) is 11.8. The highest BCUT2D eigenvalue weighted by Gasteiger charge is 2.18. The lowest BCUT2D eigenvalue weighted by Gasteiger charge is -2.19. The van der Waals surface area contributed by atoms with E-state index in [9.17, 15) is 9.59 Å². The van der Waals surface area contributed by atoms with E-state index in [0.29, 0.717) is 35.8 Å². The number of carbonyl (C=O) groups excluding carboxylic acids is 1.